The Bertz CT molecular complexity index is 371. The molecule has 0 saturated carbocycles. The van der Waals surface area contributed by atoms with E-state index >= 15 is 0 Å². The summed E-state index contributed by atoms with van der Waals surface area (Å²) in [7, 11) is 0. The molecule has 0 amide bonds. The van der Waals surface area contributed by atoms with Crippen molar-refractivity contribution in [1.82, 2.24) is 5.32 Å². The quantitative estimate of drug-likeness (QED) is 0.873. The molecule has 0 radical (unpaired) electrons. The summed E-state index contributed by atoms with van der Waals surface area (Å²) in [6, 6.07) is 10.2. The number of rotatable bonds is 4. The number of nitrogens with zero attached hydrogens (tertiary/aromatic N) is 1. The molecule has 1 aromatic rings. The van der Waals surface area contributed by atoms with Gasteiger partial charge in [0.1, 0.15) is 0 Å². The van der Waals surface area contributed by atoms with Crippen LogP contribution in [0.2, 0.25) is 0 Å². The molecule has 0 spiro atoms. The minimum Gasteiger partial charge on any atom is -0.369 e. The van der Waals surface area contributed by atoms with E-state index in [4.69, 9.17) is 0 Å². The zero-order valence-corrected chi connectivity index (χ0v) is 12.1. The van der Waals surface area contributed by atoms with Crippen LogP contribution in [0, 0.1) is 5.92 Å². The van der Waals surface area contributed by atoms with Crippen LogP contribution in [0.4, 0.5) is 5.69 Å². The Balaban J connectivity index is 2.08. The Kier molecular flexibility index (Phi) is 4.28. The van der Waals surface area contributed by atoms with Crippen molar-refractivity contribution in [1.29, 1.82) is 0 Å². The normalized spacial score (nSPS) is 25.4. The zero-order valence-electron chi connectivity index (χ0n) is 12.1. The molecule has 0 aromatic heterocycles. The van der Waals surface area contributed by atoms with E-state index in [0.717, 1.165) is 12.5 Å². The molecule has 2 rings (SSSR count). The Morgan fingerprint density at radius 1 is 1.28 bits per heavy atom. The predicted molar refractivity (Wildman–Crippen MR) is 79.1 cm³/mol. The first-order chi connectivity index (χ1) is 8.61. The van der Waals surface area contributed by atoms with Gasteiger partial charge in [0.2, 0.25) is 0 Å². The molecule has 1 aromatic carbocycles. The SMILES string of the molecule is CCNC(C)c1ccc(N2CC(C)CC2C)cc1. The maximum absolute atomic E-state index is 3.45. The van der Waals surface area contributed by atoms with E-state index in [9.17, 15) is 0 Å². The maximum atomic E-state index is 3.45. The average Bonchev–Trinajstić information content (AvgIpc) is 2.69. The number of anilines is 1. The summed E-state index contributed by atoms with van der Waals surface area (Å²) < 4.78 is 0. The second-order valence-electron chi connectivity index (χ2n) is 5.71. The maximum Gasteiger partial charge on any atom is 0.0368 e. The number of nitrogens with one attached hydrogen (secondary N) is 1. The third-order valence-corrected chi connectivity index (χ3v) is 4.02. The van der Waals surface area contributed by atoms with E-state index in [2.05, 4.69) is 62.2 Å². The van der Waals surface area contributed by atoms with Gasteiger partial charge in [0, 0.05) is 24.3 Å². The van der Waals surface area contributed by atoms with Crippen LogP contribution in [0.1, 0.15) is 45.7 Å². The molecule has 2 heteroatoms. The van der Waals surface area contributed by atoms with Crippen molar-refractivity contribution < 1.29 is 0 Å². The molecule has 18 heavy (non-hydrogen) atoms. The molecule has 1 N–H and O–H groups in total. The van der Waals surface area contributed by atoms with Gasteiger partial charge in [0.15, 0.2) is 0 Å². The number of hydrogen-bond acceptors (Lipinski definition) is 2. The monoisotopic (exact) mass is 246 g/mol. The molecule has 1 fully saturated rings. The van der Waals surface area contributed by atoms with Gasteiger partial charge in [-0.05, 0) is 50.4 Å². The van der Waals surface area contributed by atoms with Crippen molar-refractivity contribution in [2.75, 3.05) is 18.0 Å². The van der Waals surface area contributed by atoms with Crippen molar-refractivity contribution in [3.8, 4) is 0 Å². The Hall–Kier alpha value is -1.02. The van der Waals surface area contributed by atoms with Gasteiger partial charge >= 0.3 is 0 Å². The van der Waals surface area contributed by atoms with Gasteiger partial charge in [0.25, 0.3) is 0 Å². The van der Waals surface area contributed by atoms with Crippen LogP contribution in [0.25, 0.3) is 0 Å². The van der Waals surface area contributed by atoms with Crippen molar-refractivity contribution >= 4 is 5.69 Å². The third-order valence-electron chi connectivity index (χ3n) is 4.02. The highest BCUT2D eigenvalue weighted by Crippen LogP contribution is 2.29. The molecule has 1 aliphatic heterocycles. The fourth-order valence-electron chi connectivity index (χ4n) is 3.04. The molecule has 0 aliphatic carbocycles. The van der Waals surface area contributed by atoms with Gasteiger partial charge in [0.05, 0.1) is 0 Å². The summed E-state index contributed by atoms with van der Waals surface area (Å²) >= 11 is 0. The van der Waals surface area contributed by atoms with E-state index in [-0.39, 0.29) is 0 Å². The summed E-state index contributed by atoms with van der Waals surface area (Å²) in [5.41, 5.74) is 2.75. The lowest BCUT2D eigenvalue weighted by atomic mass is 10.1. The largest absolute Gasteiger partial charge is 0.369 e. The minimum absolute atomic E-state index is 0.443. The van der Waals surface area contributed by atoms with Crippen LogP contribution in [0.5, 0.6) is 0 Å². The molecule has 3 unspecified atom stereocenters. The first-order valence-corrected chi connectivity index (χ1v) is 7.21. The highest BCUT2D eigenvalue weighted by molar-refractivity contribution is 5.49. The minimum atomic E-state index is 0.443. The molecule has 1 aliphatic rings. The van der Waals surface area contributed by atoms with Gasteiger partial charge in [-0.15, -0.1) is 0 Å². The smallest absolute Gasteiger partial charge is 0.0368 e. The highest BCUT2D eigenvalue weighted by atomic mass is 15.2. The first kappa shape index (κ1) is 13.4. The van der Waals surface area contributed by atoms with Gasteiger partial charge in [-0.25, -0.2) is 0 Å². The second kappa shape index (κ2) is 5.75. The molecule has 3 atom stereocenters. The molecule has 1 saturated heterocycles. The van der Waals surface area contributed by atoms with Crippen molar-refractivity contribution in [2.45, 2.75) is 46.2 Å². The van der Waals surface area contributed by atoms with E-state index < -0.39 is 0 Å². The molecular formula is C16H26N2. The summed E-state index contributed by atoms with van der Waals surface area (Å²) in [4.78, 5) is 2.53. The number of benzene rings is 1. The molecular weight excluding hydrogens is 220 g/mol. The fraction of sp³-hybridized carbons (Fsp3) is 0.625. The van der Waals surface area contributed by atoms with E-state index in [1.807, 2.05) is 0 Å². The van der Waals surface area contributed by atoms with E-state index in [1.54, 1.807) is 0 Å². The number of hydrogen-bond donors (Lipinski definition) is 1. The second-order valence-corrected chi connectivity index (χ2v) is 5.71. The topological polar surface area (TPSA) is 15.3 Å². The highest BCUT2D eigenvalue weighted by Gasteiger charge is 2.25. The van der Waals surface area contributed by atoms with Gasteiger partial charge in [-0.1, -0.05) is 26.0 Å². The van der Waals surface area contributed by atoms with E-state index in [0.29, 0.717) is 12.1 Å². The van der Waals surface area contributed by atoms with Crippen molar-refractivity contribution in [2.24, 2.45) is 5.92 Å². The summed E-state index contributed by atoms with van der Waals surface area (Å²) in [6.45, 7) is 11.3. The van der Waals surface area contributed by atoms with Crippen LogP contribution in [-0.2, 0) is 0 Å². The standard InChI is InChI=1S/C16H26N2/c1-5-17-14(4)15-6-8-16(9-7-15)18-11-12(2)10-13(18)3/h6-9,12-14,17H,5,10-11H2,1-4H3. The Morgan fingerprint density at radius 3 is 2.44 bits per heavy atom. The summed E-state index contributed by atoms with van der Waals surface area (Å²) in [5.74, 6) is 0.820. The molecule has 0 bridgehead atoms. The van der Waals surface area contributed by atoms with E-state index in [1.165, 1.54) is 24.2 Å². The van der Waals surface area contributed by atoms with Crippen molar-refractivity contribution in [3.05, 3.63) is 29.8 Å². The van der Waals surface area contributed by atoms with Crippen LogP contribution in [0.3, 0.4) is 0 Å². The van der Waals surface area contributed by atoms with Crippen LogP contribution in [0.15, 0.2) is 24.3 Å². The van der Waals surface area contributed by atoms with Crippen molar-refractivity contribution in [3.63, 3.8) is 0 Å². The summed E-state index contributed by atoms with van der Waals surface area (Å²) in [6.07, 6.45) is 1.32. The average molecular weight is 246 g/mol. The first-order valence-electron chi connectivity index (χ1n) is 7.21. The summed E-state index contributed by atoms with van der Waals surface area (Å²) in [5, 5.41) is 3.45. The molecule has 2 nitrogen and oxygen atoms in total. The van der Waals surface area contributed by atoms with Gasteiger partial charge in [-0.3, -0.25) is 0 Å². The Labute approximate surface area is 111 Å². The lowest BCUT2D eigenvalue weighted by Gasteiger charge is -2.24. The predicted octanol–water partition coefficient (Wildman–Crippen LogP) is 3.59. The third kappa shape index (κ3) is 2.86. The zero-order chi connectivity index (χ0) is 13.1. The lowest BCUT2D eigenvalue weighted by Crippen LogP contribution is -2.26. The lowest BCUT2D eigenvalue weighted by molar-refractivity contribution is 0.598. The van der Waals surface area contributed by atoms with Crippen LogP contribution in [-0.4, -0.2) is 19.1 Å². The van der Waals surface area contributed by atoms with Gasteiger partial charge < -0.3 is 10.2 Å². The molecule has 1 heterocycles. The van der Waals surface area contributed by atoms with Crippen LogP contribution < -0.4 is 10.2 Å². The fourth-order valence-corrected chi connectivity index (χ4v) is 3.04. The van der Waals surface area contributed by atoms with Crippen LogP contribution >= 0.6 is 0 Å². The van der Waals surface area contributed by atoms with Gasteiger partial charge in [-0.2, -0.15) is 0 Å². The Morgan fingerprint density at radius 2 is 1.94 bits per heavy atom. The molecule has 100 valence electrons.